The molecule has 0 spiro atoms. The van der Waals surface area contributed by atoms with Crippen molar-refractivity contribution in [2.45, 2.75) is 53.4 Å². The summed E-state index contributed by atoms with van der Waals surface area (Å²) in [5.41, 5.74) is 2.74. The maximum atomic E-state index is 13.0. The van der Waals surface area contributed by atoms with E-state index in [1.54, 1.807) is 0 Å². The molecule has 5 rings (SSSR count). The van der Waals surface area contributed by atoms with Crippen LogP contribution in [-0.2, 0) is 11.2 Å². The van der Waals surface area contributed by atoms with Crippen molar-refractivity contribution in [3.63, 3.8) is 0 Å². The minimum atomic E-state index is -0.134. The summed E-state index contributed by atoms with van der Waals surface area (Å²) in [4.78, 5) is 30.8. The number of ether oxygens (including phenoxy) is 1. The van der Waals surface area contributed by atoms with Gasteiger partial charge in [-0.15, -0.1) is 0 Å². The Balaban J connectivity index is 1.84. The van der Waals surface area contributed by atoms with E-state index in [1.807, 2.05) is 12.1 Å². The number of aromatic nitrogens is 1. The molecule has 0 fully saturated rings. The normalized spacial score (nSPS) is 22.0. The number of fused-ring (bicyclic) bond motifs is 3. The Kier molecular flexibility index (Phi) is 3.57. The molecule has 0 N–H and O–H groups in total. The zero-order valence-electron chi connectivity index (χ0n) is 16.5. The molecule has 1 aliphatic heterocycles. The topological polar surface area (TPSA) is 56.3 Å². The van der Waals surface area contributed by atoms with E-state index in [0.29, 0.717) is 42.0 Å². The second-order valence-electron chi connectivity index (χ2n) is 9.90. The highest BCUT2D eigenvalue weighted by atomic mass is 79.9. The Morgan fingerprint density at radius 1 is 0.964 bits per heavy atom. The first-order valence-electron chi connectivity index (χ1n) is 9.69. The fourth-order valence-electron chi connectivity index (χ4n) is 4.94. The third-order valence-electron chi connectivity index (χ3n) is 6.00. The van der Waals surface area contributed by atoms with E-state index in [9.17, 15) is 9.59 Å². The molecule has 0 bridgehead atoms. The van der Waals surface area contributed by atoms with Crippen molar-refractivity contribution in [2.24, 2.45) is 10.8 Å². The molecule has 1 aromatic carbocycles. The Morgan fingerprint density at radius 2 is 1.64 bits per heavy atom. The number of halogens is 1. The average Bonchev–Trinajstić information content (AvgIpc) is 2.50. The van der Waals surface area contributed by atoms with Crippen LogP contribution in [0.25, 0.3) is 16.3 Å². The molecular formula is C23H22BrNO3. The summed E-state index contributed by atoms with van der Waals surface area (Å²) in [7, 11) is 0. The number of Topliss-reactive ketones (excluding diaryl/α,β-unsaturated/α-hetero) is 2. The van der Waals surface area contributed by atoms with Crippen LogP contribution in [0.3, 0.4) is 0 Å². The molecule has 0 atom stereocenters. The first-order valence-corrected chi connectivity index (χ1v) is 10.5. The summed E-state index contributed by atoms with van der Waals surface area (Å²) in [6.45, 7) is 8.37. The van der Waals surface area contributed by atoms with Crippen LogP contribution in [0, 0.1) is 10.8 Å². The SMILES string of the molecule is CC1(C)CC(=O)C2=C(C1)Oc1nc3c(c4cc(Br)cc2c14)C(=O)CC(C)(C)C3. The summed E-state index contributed by atoms with van der Waals surface area (Å²) in [6, 6.07) is 3.93. The van der Waals surface area contributed by atoms with Crippen molar-refractivity contribution in [3.8, 4) is 5.88 Å². The average molecular weight is 440 g/mol. The number of carbonyl (C=O) groups excluding carboxylic acids is 2. The monoisotopic (exact) mass is 439 g/mol. The van der Waals surface area contributed by atoms with E-state index in [1.165, 1.54) is 0 Å². The van der Waals surface area contributed by atoms with Crippen LogP contribution < -0.4 is 4.74 Å². The molecule has 2 aromatic rings. The van der Waals surface area contributed by atoms with Gasteiger partial charge in [0.1, 0.15) is 5.76 Å². The van der Waals surface area contributed by atoms with Gasteiger partial charge >= 0.3 is 0 Å². The zero-order chi connectivity index (χ0) is 20.0. The van der Waals surface area contributed by atoms with Crippen molar-refractivity contribution in [2.75, 3.05) is 0 Å². The second kappa shape index (κ2) is 5.53. The van der Waals surface area contributed by atoms with E-state index in [2.05, 4.69) is 43.6 Å². The van der Waals surface area contributed by atoms with Gasteiger partial charge in [0.2, 0.25) is 5.88 Å². The van der Waals surface area contributed by atoms with Gasteiger partial charge in [-0.3, -0.25) is 9.59 Å². The molecule has 28 heavy (non-hydrogen) atoms. The van der Waals surface area contributed by atoms with Crippen molar-refractivity contribution in [1.29, 1.82) is 0 Å². The van der Waals surface area contributed by atoms with Crippen LogP contribution in [0.4, 0.5) is 0 Å². The molecule has 2 heterocycles. The number of carbonyl (C=O) groups is 2. The molecule has 2 aliphatic carbocycles. The molecule has 3 aliphatic rings. The Labute approximate surface area is 172 Å². The van der Waals surface area contributed by atoms with Crippen LogP contribution in [0.15, 0.2) is 22.4 Å². The van der Waals surface area contributed by atoms with E-state index >= 15 is 0 Å². The molecule has 0 radical (unpaired) electrons. The number of ketones is 2. The lowest BCUT2D eigenvalue weighted by Crippen LogP contribution is -2.31. The zero-order valence-corrected chi connectivity index (χ0v) is 18.1. The number of benzene rings is 1. The van der Waals surface area contributed by atoms with Gasteiger partial charge in [-0.25, -0.2) is 4.98 Å². The lowest BCUT2D eigenvalue weighted by atomic mass is 9.72. The molecule has 4 nitrogen and oxygen atoms in total. The molecule has 5 heteroatoms. The van der Waals surface area contributed by atoms with Crippen LogP contribution in [0.5, 0.6) is 5.88 Å². The third-order valence-corrected chi connectivity index (χ3v) is 6.46. The Morgan fingerprint density at radius 3 is 2.39 bits per heavy atom. The lowest BCUT2D eigenvalue weighted by Gasteiger charge is -2.36. The number of pyridine rings is 1. The van der Waals surface area contributed by atoms with Crippen LogP contribution in [-0.4, -0.2) is 16.6 Å². The quantitative estimate of drug-likeness (QED) is 0.532. The minimum absolute atomic E-state index is 0.0986. The summed E-state index contributed by atoms with van der Waals surface area (Å²) >= 11 is 3.60. The molecule has 0 saturated heterocycles. The molecular weight excluding hydrogens is 418 g/mol. The first-order chi connectivity index (χ1) is 13.0. The lowest BCUT2D eigenvalue weighted by molar-refractivity contribution is -0.116. The fourth-order valence-corrected chi connectivity index (χ4v) is 5.40. The van der Waals surface area contributed by atoms with E-state index in [4.69, 9.17) is 9.72 Å². The van der Waals surface area contributed by atoms with Gasteiger partial charge in [0, 0.05) is 40.2 Å². The number of allylic oxidation sites excluding steroid dienone is 2. The van der Waals surface area contributed by atoms with Crippen molar-refractivity contribution in [3.05, 3.63) is 39.2 Å². The number of nitrogens with zero attached hydrogens (tertiary/aromatic N) is 1. The third kappa shape index (κ3) is 2.59. The van der Waals surface area contributed by atoms with Crippen molar-refractivity contribution < 1.29 is 14.3 Å². The highest BCUT2D eigenvalue weighted by Crippen LogP contribution is 2.50. The highest BCUT2D eigenvalue weighted by molar-refractivity contribution is 9.10. The van der Waals surface area contributed by atoms with Gasteiger partial charge in [0.15, 0.2) is 11.6 Å². The Bertz CT molecular complexity index is 1140. The summed E-state index contributed by atoms with van der Waals surface area (Å²) in [5, 5.41) is 1.64. The van der Waals surface area contributed by atoms with Gasteiger partial charge in [-0.1, -0.05) is 43.6 Å². The number of rotatable bonds is 0. The smallest absolute Gasteiger partial charge is 0.227 e. The van der Waals surface area contributed by atoms with Crippen LogP contribution >= 0.6 is 15.9 Å². The summed E-state index contributed by atoms with van der Waals surface area (Å²) in [6.07, 6.45) is 2.42. The first kappa shape index (κ1) is 18.0. The van der Waals surface area contributed by atoms with Gasteiger partial charge < -0.3 is 4.74 Å². The van der Waals surface area contributed by atoms with Gasteiger partial charge in [0.05, 0.1) is 16.7 Å². The molecule has 144 valence electrons. The van der Waals surface area contributed by atoms with Gasteiger partial charge in [-0.2, -0.15) is 0 Å². The predicted molar refractivity (Wildman–Crippen MR) is 111 cm³/mol. The van der Waals surface area contributed by atoms with E-state index in [-0.39, 0.29) is 22.4 Å². The van der Waals surface area contributed by atoms with E-state index in [0.717, 1.165) is 32.9 Å². The van der Waals surface area contributed by atoms with Gasteiger partial charge in [-0.05, 0) is 29.4 Å². The molecule has 0 saturated carbocycles. The standard InChI is InChI=1S/C23H22BrNO3/c1-22(2)7-14-19(15(26)8-22)12-5-11(24)6-13-18(12)21(25-14)28-17-10-23(3,4)9-16(27)20(13)17/h5-6H,7-10H2,1-4H3. The molecule has 0 unspecified atom stereocenters. The largest absolute Gasteiger partial charge is 0.442 e. The van der Waals surface area contributed by atoms with Crippen molar-refractivity contribution in [1.82, 2.24) is 4.98 Å². The maximum absolute atomic E-state index is 13.0. The van der Waals surface area contributed by atoms with Gasteiger partial charge in [0.25, 0.3) is 0 Å². The fraction of sp³-hybridized carbons (Fsp3) is 0.435. The molecule has 0 amide bonds. The number of hydrogen-bond donors (Lipinski definition) is 0. The van der Waals surface area contributed by atoms with E-state index < -0.39 is 0 Å². The van der Waals surface area contributed by atoms with Crippen molar-refractivity contribution >= 4 is 43.8 Å². The van der Waals surface area contributed by atoms with Crippen LogP contribution in [0.2, 0.25) is 0 Å². The maximum Gasteiger partial charge on any atom is 0.227 e. The summed E-state index contributed by atoms with van der Waals surface area (Å²) in [5.74, 6) is 1.46. The minimum Gasteiger partial charge on any atom is -0.442 e. The molecule has 1 aromatic heterocycles. The Hall–Kier alpha value is -2.01. The second-order valence-corrected chi connectivity index (χ2v) is 10.8. The number of hydrogen-bond acceptors (Lipinski definition) is 4. The predicted octanol–water partition coefficient (Wildman–Crippen LogP) is 5.65. The summed E-state index contributed by atoms with van der Waals surface area (Å²) < 4.78 is 7.10. The van der Waals surface area contributed by atoms with Crippen LogP contribution in [0.1, 0.15) is 68.6 Å². The highest BCUT2D eigenvalue weighted by Gasteiger charge is 2.41.